The molecule has 0 aliphatic carbocycles. The van der Waals surface area contributed by atoms with E-state index in [-0.39, 0.29) is 6.04 Å². The molecule has 108 valence electrons. The van der Waals surface area contributed by atoms with Gasteiger partial charge in [0.05, 0.1) is 6.04 Å². The topological polar surface area (TPSA) is 39.2 Å². The fourth-order valence-electron chi connectivity index (χ4n) is 2.53. The third-order valence-corrected chi connectivity index (χ3v) is 3.92. The van der Waals surface area contributed by atoms with E-state index in [1.165, 1.54) is 5.56 Å². The zero-order valence-corrected chi connectivity index (χ0v) is 12.5. The van der Waals surface area contributed by atoms with Crippen LogP contribution in [0.4, 0.5) is 0 Å². The minimum Gasteiger partial charge on any atom is -0.459 e. The first-order valence-electron chi connectivity index (χ1n) is 7.21. The molecule has 2 nitrogen and oxygen atoms in total. The van der Waals surface area contributed by atoms with Gasteiger partial charge in [0.1, 0.15) is 11.3 Å². The second-order valence-electron chi connectivity index (χ2n) is 5.32. The zero-order chi connectivity index (χ0) is 14.7. The van der Waals surface area contributed by atoms with Crippen LogP contribution in [0.15, 0.2) is 59.0 Å². The molecular weight excluding hydrogens is 282 g/mol. The van der Waals surface area contributed by atoms with E-state index >= 15 is 0 Å². The molecule has 1 aromatic heterocycles. The van der Waals surface area contributed by atoms with Crippen LogP contribution in [0, 0.1) is 0 Å². The highest BCUT2D eigenvalue weighted by Gasteiger charge is 2.12. The standard InChI is InChI=1S/C18H18ClNO/c19-15-9-10-17-14(11-15)12-18(21-17)16(20)8-4-7-13-5-2-1-3-6-13/h1-3,5-6,9-12,16H,4,7-8,20H2. The van der Waals surface area contributed by atoms with Gasteiger partial charge in [-0.2, -0.15) is 0 Å². The van der Waals surface area contributed by atoms with Crippen molar-refractivity contribution in [2.75, 3.05) is 0 Å². The molecule has 3 heteroatoms. The molecule has 3 rings (SSSR count). The van der Waals surface area contributed by atoms with Gasteiger partial charge in [-0.25, -0.2) is 0 Å². The zero-order valence-electron chi connectivity index (χ0n) is 11.8. The Morgan fingerprint density at radius 3 is 2.67 bits per heavy atom. The fourth-order valence-corrected chi connectivity index (χ4v) is 2.71. The molecular formula is C18H18ClNO. The Balaban J connectivity index is 1.62. The van der Waals surface area contributed by atoms with Gasteiger partial charge in [-0.1, -0.05) is 41.9 Å². The first kappa shape index (κ1) is 14.2. The quantitative estimate of drug-likeness (QED) is 0.711. The Labute approximate surface area is 129 Å². The van der Waals surface area contributed by atoms with E-state index in [2.05, 4.69) is 24.3 Å². The van der Waals surface area contributed by atoms with Crippen LogP contribution in [-0.4, -0.2) is 0 Å². The van der Waals surface area contributed by atoms with E-state index in [1.807, 2.05) is 30.3 Å². The normalized spacial score (nSPS) is 12.7. The summed E-state index contributed by atoms with van der Waals surface area (Å²) in [5.41, 5.74) is 8.42. The Kier molecular flexibility index (Phi) is 4.28. The van der Waals surface area contributed by atoms with Crippen molar-refractivity contribution in [1.29, 1.82) is 0 Å². The molecule has 2 aromatic carbocycles. The summed E-state index contributed by atoms with van der Waals surface area (Å²) in [5.74, 6) is 0.834. The van der Waals surface area contributed by atoms with Gasteiger partial charge < -0.3 is 10.2 Å². The van der Waals surface area contributed by atoms with E-state index < -0.39 is 0 Å². The number of hydrogen-bond acceptors (Lipinski definition) is 2. The summed E-state index contributed by atoms with van der Waals surface area (Å²) >= 11 is 5.99. The van der Waals surface area contributed by atoms with Crippen molar-refractivity contribution in [3.05, 3.63) is 70.9 Å². The van der Waals surface area contributed by atoms with Crippen molar-refractivity contribution in [2.24, 2.45) is 5.73 Å². The van der Waals surface area contributed by atoms with Crippen molar-refractivity contribution < 1.29 is 4.42 Å². The van der Waals surface area contributed by atoms with Gasteiger partial charge in [-0.05, 0) is 49.1 Å². The highest BCUT2D eigenvalue weighted by atomic mass is 35.5. The lowest BCUT2D eigenvalue weighted by Gasteiger charge is -2.08. The summed E-state index contributed by atoms with van der Waals surface area (Å²) in [6.07, 6.45) is 2.99. The lowest BCUT2D eigenvalue weighted by Crippen LogP contribution is -2.09. The SMILES string of the molecule is NC(CCCc1ccccc1)c1cc2cc(Cl)ccc2o1. The van der Waals surface area contributed by atoms with Gasteiger partial charge in [-0.15, -0.1) is 0 Å². The molecule has 0 saturated heterocycles. The second-order valence-corrected chi connectivity index (χ2v) is 5.75. The largest absolute Gasteiger partial charge is 0.459 e. The maximum Gasteiger partial charge on any atom is 0.134 e. The Morgan fingerprint density at radius 2 is 1.86 bits per heavy atom. The number of furan rings is 1. The van der Waals surface area contributed by atoms with Crippen LogP contribution >= 0.6 is 11.6 Å². The highest BCUT2D eigenvalue weighted by molar-refractivity contribution is 6.31. The first-order valence-corrected chi connectivity index (χ1v) is 7.59. The predicted octanol–water partition coefficient (Wildman–Crippen LogP) is 5.11. The van der Waals surface area contributed by atoms with Crippen LogP contribution in [-0.2, 0) is 6.42 Å². The van der Waals surface area contributed by atoms with Gasteiger partial charge in [0.15, 0.2) is 0 Å². The van der Waals surface area contributed by atoms with Crippen LogP contribution in [0.5, 0.6) is 0 Å². The molecule has 21 heavy (non-hydrogen) atoms. The first-order chi connectivity index (χ1) is 10.2. The summed E-state index contributed by atoms with van der Waals surface area (Å²) in [7, 11) is 0. The number of rotatable bonds is 5. The molecule has 0 aliphatic heterocycles. The third-order valence-electron chi connectivity index (χ3n) is 3.69. The van der Waals surface area contributed by atoms with Crippen LogP contribution < -0.4 is 5.73 Å². The average Bonchev–Trinajstić information content (AvgIpc) is 2.91. The van der Waals surface area contributed by atoms with Gasteiger partial charge >= 0.3 is 0 Å². The van der Waals surface area contributed by atoms with E-state index in [0.717, 1.165) is 36.0 Å². The van der Waals surface area contributed by atoms with Gasteiger partial charge in [0, 0.05) is 10.4 Å². The molecule has 0 saturated carbocycles. The summed E-state index contributed by atoms with van der Waals surface area (Å²) in [5, 5.41) is 1.73. The van der Waals surface area contributed by atoms with Crippen molar-refractivity contribution in [1.82, 2.24) is 0 Å². The molecule has 0 amide bonds. The minimum absolute atomic E-state index is 0.0695. The van der Waals surface area contributed by atoms with Gasteiger partial charge in [-0.3, -0.25) is 0 Å². The summed E-state index contributed by atoms with van der Waals surface area (Å²) in [6.45, 7) is 0. The third kappa shape index (κ3) is 3.46. The lowest BCUT2D eigenvalue weighted by atomic mass is 10.0. The molecule has 0 spiro atoms. The fraction of sp³-hybridized carbons (Fsp3) is 0.222. The molecule has 0 aliphatic rings. The lowest BCUT2D eigenvalue weighted by molar-refractivity contribution is 0.469. The maximum atomic E-state index is 6.23. The number of nitrogens with two attached hydrogens (primary N) is 1. The predicted molar refractivity (Wildman–Crippen MR) is 87.5 cm³/mol. The van der Waals surface area contributed by atoms with Gasteiger partial charge in [0.2, 0.25) is 0 Å². The maximum absolute atomic E-state index is 6.23. The van der Waals surface area contributed by atoms with Crippen molar-refractivity contribution >= 4 is 22.6 Å². The summed E-state index contributed by atoms with van der Waals surface area (Å²) < 4.78 is 5.80. The number of hydrogen-bond donors (Lipinski definition) is 1. The van der Waals surface area contributed by atoms with Crippen molar-refractivity contribution in [3.8, 4) is 0 Å². The highest BCUT2D eigenvalue weighted by Crippen LogP contribution is 2.27. The molecule has 0 bridgehead atoms. The number of fused-ring (bicyclic) bond motifs is 1. The summed E-state index contributed by atoms with van der Waals surface area (Å²) in [4.78, 5) is 0. The molecule has 1 unspecified atom stereocenters. The Morgan fingerprint density at radius 1 is 1.05 bits per heavy atom. The molecule has 2 N–H and O–H groups in total. The van der Waals surface area contributed by atoms with Gasteiger partial charge in [0.25, 0.3) is 0 Å². The second kappa shape index (κ2) is 6.33. The van der Waals surface area contributed by atoms with E-state index in [0.29, 0.717) is 5.02 Å². The molecule has 1 atom stereocenters. The van der Waals surface area contributed by atoms with Crippen LogP contribution in [0.3, 0.4) is 0 Å². The van der Waals surface area contributed by atoms with E-state index in [4.69, 9.17) is 21.8 Å². The van der Waals surface area contributed by atoms with Crippen LogP contribution in [0.25, 0.3) is 11.0 Å². The molecule has 0 radical (unpaired) electrons. The smallest absolute Gasteiger partial charge is 0.134 e. The van der Waals surface area contributed by atoms with Crippen molar-refractivity contribution in [3.63, 3.8) is 0 Å². The summed E-state index contributed by atoms with van der Waals surface area (Å²) in [6, 6.07) is 18.0. The van der Waals surface area contributed by atoms with Crippen LogP contribution in [0.2, 0.25) is 5.02 Å². The van der Waals surface area contributed by atoms with Crippen molar-refractivity contribution in [2.45, 2.75) is 25.3 Å². The monoisotopic (exact) mass is 299 g/mol. The van der Waals surface area contributed by atoms with Crippen LogP contribution in [0.1, 0.15) is 30.2 Å². The number of benzene rings is 2. The Hall–Kier alpha value is -1.77. The number of aryl methyl sites for hydroxylation is 1. The molecule has 1 heterocycles. The average molecular weight is 300 g/mol. The van der Waals surface area contributed by atoms with E-state index in [1.54, 1.807) is 0 Å². The van der Waals surface area contributed by atoms with E-state index in [9.17, 15) is 0 Å². The minimum atomic E-state index is -0.0695. The molecule has 3 aromatic rings. The number of halogens is 1. The molecule has 0 fully saturated rings. The Bertz CT molecular complexity index is 720.